The number of carbonyl (C=O) groups is 2. The van der Waals surface area contributed by atoms with Crippen LogP contribution in [0.1, 0.15) is 41.0 Å². The van der Waals surface area contributed by atoms with Crippen molar-refractivity contribution in [2.45, 2.75) is 26.3 Å². The molecule has 0 aliphatic rings. The second-order valence-corrected chi connectivity index (χ2v) is 4.84. The minimum absolute atomic E-state index is 0.0416. The van der Waals surface area contributed by atoms with Gasteiger partial charge in [0, 0.05) is 37.3 Å². The number of hydrogen-bond acceptors (Lipinski definition) is 3. The van der Waals surface area contributed by atoms with Crippen molar-refractivity contribution in [2.75, 3.05) is 20.1 Å². The Morgan fingerprint density at radius 2 is 2.00 bits per heavy atom. The summed E-state index contributed by atoms with van der Waals surface area (Å²) in [5, 5.41) is 2.79. The van der Waals surface area contributed by atoms with Crippen LogP contribution in [0.5, 0.6) is 0 Å². The van der Waals surface area contributed by atoms with E-state index in [1.165, 1.54) is 0 Å². The maximum absolute atomic E-state index is 12.3. The van der Waals surface area contributed by atoms with E-state index in [0.29, 0.717) is 24.2 Å². The molecule has 0 aliphatic heterocycles. The average molecular weight is 277 g/mol. The highest BCUT2D eigenvalue weighted by Crippen LogP contribution is 2.09. The Kier molecular flexibility index (Phi) is 6.18. The monoisotopic (exact) mass is 277 g/mol. The summed E-state index contributed by atoms with van der Waals surface area (Å²) >= 11 is 0. The molecule has 1 aromatic carbocycles. The first-order valence-corrected chi connectivity index (χ1v) is 6.86. The lowest BCUT2D eigenvalue weighted by Crippen LogP contribution is -2.39. The Morgan fingerprint density at radius 1 is 1.35 bits per heavy atom. The summed E-state index contributed by atoms with van der Waals surface area (Å²) < 4.78 is 0. The molecule has 0 saturated heterocycles. The van der Waals surface area contributed by atoms with Crippen LogP contribution in [-0.2, 0) is 0 Å². The molecule has 0 bridgehead atoms. The highest BCUT2D eigenvalue weighted by molar-refractivity contribution is 5.99. The lowest BCUT2D eigenvalue weighted by atomic mass is 10.1. The van der Waals surface area contributed by atoms with E-state index in [9.17, 15) is 9.59 Å². The third-order valence-corrected chi connectivity index (χ3v) is 3.23. The largest absolute Gasteiger partial charge is 0.352 e. The molecule has 0 fully saturated rings. The van der Waals surface area contributed by atoms with Gasteiger partial charge in [-0.05, 0) is 31.5 Å². The van der Waals surface area contributed by atoms with E-state index < -0.39 is 0 Å². The lowest BCUT2D eigenvalue weighted by Gasteiger charge is -2.23. The van der Waals surface area contributed by atoms with Crippen LogP contribution in [0, 0.1) is 0 Å². The Labute approximate surface area is 120 Å². The number of amides is 2. The first-order chi connectivity index (χ1) is 9.51. The Balaban J connectivity index is 2.87. The van der Waals surface area contributed by atoms with Crippen molar-refractivity contribution in [3.05, 3.63) is 35.4 Å². The van der Waals surface area contributed by atoms with Crippen molar-refractivity contribution >= 4 is 11.8 Å². The number of carbonyl (C=O) groups excluding carboxylic acids is 2. The summed E-state index contributed by atoms with van der Waals surface area (Å²) in [6.07, 6.45) is 0.876. The van der Waals surface area contributed by atoms with Gasteiger partial charge >= 0.3 is 0 Å². The van der Waals surface area contributed by atoms with Crippen LogP contribution in [-0.4, -0.2) is 42.9 Å². The van der Waals surface area contributed by atoms with E-state index in [4.69, 9.17) is 5.73 Å². The normalized spacial score (nSPS) is 11.8. The molecule has 0 spiro atoms. The van der Waals surface area contributed by atoms with Crippen molar-refractivity contribution in [2.24, 2.45) is 5.73 Å². The standard InChI is InChI=1S/C15H23N3O2/c1-4-8-17-14(19)12-6-5-7-13(9-12)15(20)18(3)11(2)10-16/h5-7,9,11H,4,8,10,16H2,1-3H3,(H,17,19). The van der Waals surface area contributed by atoms with Gasteiger partial charge in [-0.25, -0.2) is 0 Å². The van der Waals surface area contributed by atoms with Gasteiger partial charge in [-0.3, -0.25) is 9.59 Å². The zero-order valence-corrected chi connectivity index (χ0v) is 12.3. The topological polar surface area (TPSA) is 75.4 Å². The van der Waals surface area contributed by atoms with Crippen LogP contribution in [0.15, 0.2) is 24.3 Å². The molecular formula is C15H23N3O2. The minimum Gasteiger partial charge on any atom is -0.352 e. The maximum Gasteiger partial charge on any atom is 0.253 e. The number of likely N-dealkylation sites (N-methyl/N-ethyl adjacent to an activating group) is 1. The molecule has 5 nitrogen and oxygen atoms in total. The van der Waals surface area contributed by atoms with E-state index in [2.05, 4.69) is 5.32 Å². The van der Waals surface area contributed by atoms with Crippen LogP contribution < -0.4 is 11.1 Å². The summed E-state index contributed by atoms with van der Waals surface area (Å²) in [5.74, 6) is -0.288. The van der Waals surface area contributed by atoms with Crippen molar-refractivity contribution < 1.29 is 9.59 Å². The van der Waals surface area contributed by atoms with Gasteiger partial charge < -0.3 is 16.0 Å². The fourth-order valence-corrected chi connectivity index (χ4v) is 1.70. The maximum atomic E-state index is 12.3. The van der Waals surface area contributed by atoms with Gasteiger partial charge in [-0.15, -0.1) is 0 Å². The third kappa shape index (κ3) is 4.06. The van der Waals surface area contributed by atoms with Gasteiger partial charge in [0.1, 0.15) is 0 Å². The number of nitrogens with one attached hydrogen (secondary N) is 1. The minimum atomic E-state index is -0.156. The van der Waals surface area contributed by atoms with Crippen LogP contribution in [0.4, 0.5) is 0 Å². The molecule has 1 unspecified atom stereocenters. The van der Waals surface area contributed by atoms with Gasteiger partial charge in [-0.2, -0.15) is 0 Å². The third-order valence-electron chi connectivity index (χ3n) is 3.23. The van der Waals surface area contributed by atoms with E-state index in [1.54, 1.807) is 36.2 Å². The molecule has 1 rings (SSSR count). The predicted molar refractivity (Wildman–Crippen MR) is 79.7 cm³/mol. The zero-order valence-electron chi connectivity index (χ0n) is 12.3. The molecule has 5 heteroatoms. The molecule has 0 aliphatic carbocycles. The molecule has 2 amide bonds. The van der Waals surface area contributed by atoms with Crippen LogP contribution in [0.3, 0.4) is 0 Å². The highest BCUT2D eigenvalue weighted by Gasteiger charge is 2.17. The van der Waals surface area contributed by atoms with Gasteiger partial charge in [-0.1, -0.05) is 13.0 Å². The summed E-state index contributed by atoms with van der Waals surface area (Å²) in [6.45, 7) is 4.90. The van der Waals surface area contributed by atoms with Gasteiger partial charge in [0.25, 0.3) is 11.8 Å². The van der Waals surface area contributed by atoms with Crippen LogP contribution in [0.25, 0.3) is 0 Å². The number of nitrogens with two attached hydrogens (primary N) is 1. The number of benzene rings is 1. The summed E-state index contributed by atoms with van der Waals surface area (Å²) in [4.78, 5) is 25.7. The molecule has 20 heavy (non-hydrogen) atoms. The summed E-state index contributed by atoms with van der Waals surface area (Å²) in [6, 6.07) is 6.70. The second kappa shape index (κ2) is 7.65. The Morgan fingerprint density at radius 3 is 2.60 bits per heavy atom. The average Bonchev–Trinajstić information content (AvgIpc) is 2.50. The highest BCUT2D eigenvalue weighted by atomic mass is 16.2. The quantitative estimate of drug-likeness (QED) is 0.821. The van der Waals surface area contributed by atoms with E-state index in [1.807, 2.05) is 13.8 Å². The molecule has 3 N–H and O–H groups in total. The second-order valence-electron chi connectivity index (χ2n) is 4.84. The number of hydrogen-bond donors (Lipinski definition) is 2. The molecule has 0 aromatic heterocycles. The Hall–Kier alpha value is -1.88. The number of rotatable bonds is 6. The lowest BCUT2D eigenvalue weighted by molar-refractivity contribution is 0.0748. The summed E-state index contributed by atoms with van der Waals surface area (Å²) in [7, 11) is 1.71. The van der Waals surface area contributed by atoms with E-state index in [-0.39, 0.29) is 17.9 Å². The fourth-order valence-electron chi connectivity index (χ4n) is 1.70. The first kappa shape index (κ1) is 16.2. The molecule has 1 atom stereocenters. The van der Waals surface area contributed by atoms with Crippen LogP contribution in [0.2, 0.25) is 0 Å². The smallest absolute Gasteiger partial charge is 0.253 e. The molecule has 0 radical (unpaired) electrons. The van der Waals surface area contributed by atoms with Gasteiger partial charge in [0.15, 0.2) is 0 Å². The fraction of sp³-hybridized carbons (Fsp3) is 0.467. The number of nitrogens with zero attached hydrogens (tertiary/aromatic N) is 1. The zero-order chi connectivity index (χ0) is 15.1. The molecule has 0 heterocycles. The van der Waals surface area contributed by atoms with Gasteiger partial charge in [0.2, 0.25) is 0 Å². The summed E-state index contributed by atoms with van der Waals surface area (Å²) in [5.41, 5.74) is 6.56. The van der Waals surface area contributed by atoms with Crippen molar-refractivity contribution in [3.8, 4) is 0 Å². The molecule has 0 saturated carbocycles. The molecule has 110 valence electrons. The van der Waals surface area contributed by atoms with Crippen molar-refractivity contribution in [3.63, 3.8) is 0 Å². The van der Waals surface area contributed by atoms with Gasteiger partial charge in [0.05, 0.1) is 0 Å². The van der Waals surface area contributed by atoms with E-state index in [0.717, 1.165) is 6.42 Å². The first-order valence-electron chi connectivity index (χ1n) is 6.86. The molecule has 1 aromatic rings. The SMILES string of the molecule is CCCNC(=O)c1cccc(C(=O)N(C)C(C)CN)c1. The van der Waals surface area contributed by atoms with Crippen LogP contribution >= 0.6 is 0 Å². The molecular weight excluding hydrogens is 254 g/mol. The Bertz CT molecular complexity index is 474. The predicted octanol–water partition coefficient (Wildman–Crippen LogP) is 1.25. The van der Waals surface area contributed by atoms with Crippen molar-refractivity contribution in [1.82, 2.24) is 10.2 Å². The van der Waals surface area contributed by atoms with Crippen molar-refractivity contribution in [1.29, 1.82) is 0 Å². The van der Waals surface area contributed by atoms with E-state index >= 15 is 0 Å².